The molecule has 0 aliphatic rings. The third-order valence-electron chi connectivity index (χ3n) is 4.64. The molecule has 0 heterocycles. The highest BCUT2D eigenvalue weighted by atomic mass is 19.1. The first kappa shape index (κ1) is 23.5. The van der Waals surface area contributed by atoms with Crippen molar-refractivity contribution in [3.05, 3.63) is 95.8 Å². The van der Waals surface area contributed by atoms with Crippen molar-refractivity contribution in [1.29, 1.82) is 0 Å². The zero-order chi connectivity index (χ0) is 23.6. The van der Waals surface area contributed by atoms with Gasteiger partial charge in [0.1, 0.15) is 0 Å². The number of esters is 1. The number of hydrogen-bond acceptors (Lipinski definition) is 5. The molecule has 0 radical (unpaired) electrons. The maximum atomic E-state index is 13.5. The molecule has 0 spiro atoms. The Morgan fingerprint density at radius 3 is 2.30 bits per heavy atom. The predicted molar refractivity (Wildman–Crippen MR) is 120 cm³/mol. The summed E-state index contributed by atoms with van der Waals surface area (Å²) in [5.74, 6) is -2.54. The summed E-state index contributed by atoms with van der Waals surface area (Å²) in [6.45, 7) is 0.720. The summed E-state index contributed by atoms with van der Waals surface area (Å²) in [4.78, 5) is 36.8. The van der Waals surface area contributed by atoms with Crippen LogP contribution < -0.4 is 15.4 Å². The van der Waals surface area contributed by atoms with Gasteiger partial charge in [-0.1, -0.05) is 54.6 Å². The SMILES string of the molecule is CC(NC(=O)c1ccccc1NC(=O)COC(=O)COc1ccccc1F)c1ccccc1. The molecule has 0 aliphatic heterocycles. The first-order valence-electron chi connectivity index (χ1n) is 10.2. The Morgan fingerprint density at radius 1 is 0.879 bits per heavy atom. The zero-order valence-electron chi connectivity index (χ0n) is 17.9. The number of hydrogen-bond donors (Lipinski definition) is 2. The monoisotopic (exact) mass is 450 g/mol. The average molecular weight is 450 g/mol. The van der Waals surface area contributed by atoms with Crippen molar-refractivity contribution in [3.8, 4) is 5.75 Å². The molecule has 3 aromatic rings. The number of para-hydroxylation sites is 2. The van der Waals surface area contributed by atoms with Gasteiger partial charge >= 0.3 is 5.97 Å². The van der Waals surface area contributed by atoms with Gasteiger partial charge in [-0.2, -0.15) is 0 Å². The van der Waals surface area contributed by atoms with Gasteiger partial charge in [0.2, 0.25) is 0 Å². The summed E-state index contributed by atoms with van der Waals surface area (Å²) in [5.41, 5.74) is 1.48. The van der Waals surface area contributed by atoms with Crippen LogP contribution in [0.5, 0.6) is 5.75 Å². The van der Waals surface area contributed by atoms with Gasteiger partial charge < -0.3 is 20.1 Å². The highest BCUT2D eigenvalue weighted by Crippen LogP contribution is 2.18. The molecule has 2 N–H and O–H groups in total. The molecule has 1 atom stereocenters. The molecular formula is C25H23FN2O5. The van der Waals surface area contributed by atoms with Crippen LogP contribution in [0.3, 0.4) is 0 Å². The summed E-state index contributed by atoms with van der Waals surface area (Å²) in [6, 6.07) is 21.4. The van der Waals surface area contributed by atoms with Gasteiger partial charge in [0.05, 0.1) is 17.3 Å². The number of nitrogens with one attached hydrogen (secondary N) is 2. The van der Waals surface area contributed by atoms with Gasteiger partial charge in [0.15, 0.2) is 24.8 Å². The smallest absolute Gasteiger partial charge is 0.344 e. The molecule has 0 fully saturated rings. The molecule has 33 heavy (non-hydrogen) atoms. The Bertz CT molecular complexity index is 1120. The lowest BCUT2D eigenvalue weighted by Gasteiger charge is -2.16. The lowest BCUT2D eigenvalue weighted by Crippen LogP contribution is -2.29. The summed E-state index contributed by atoms with van der Waals surface area (Å²) in [6.07, 6.45) is 0. The minimum absolute atomic E-state index is 0.0939. The number of anilines is 1. The molecule has 0 saturated heterocycles. The molecule has 3 aromatic carbocycles. The van der Waals surface area contributed by atoms with Gasteiger partial charge in [0, 0.05) is 0 Å². The maximum Gasteiger partial charge on any atom is 0.344 e. The van der Waals surface area contributed by atoms with E-state index in [2.05, 4.69) is 10.6 Å². The van der Waals surface area contributed by atoms with E-state index in [0.717, 1.165) is 5.56 Å². The van der Waals surface area contributed by atoms with E-state index in [1.165, 1.54) is 18.2 Å². The van der Waals surface area contributed by atoms with Crippen LogP contribution in [-0.4, -0.2) is 31.0 Å². The van der Waals surface area contributed by atoms with Crippen LogP contribution in [-0.2, 0) is 14.3 Å². The molecule has 0 bridgehead atoms. The summed E-state index contributed by atoms with van der Waals surface area (Å²) in [7, 11) is 0. The molecule has 0 aliphatic carbocycles. The van der Waals surface area contributed by atoms with Crippen LogP contribution in [0.25, 0.3) is 0 Å². The second-order valence-electron chi connectivity index (χ2n) is 7.08. The van der Waals surface area contributed by atoms with E-state index in [9.17, 15) is 18.8 Å². The lowest BCUT2D eigenvalue weighted by atomic mass is 10.1. The van der Waals surface area contributed by atoms with Crippen LogP contribution in [0.4, 0.5) is 10.1 Å². The Hall–Kier alpha value is -4.20. The maximum absolute atomic E-state index is 13.5. The van der Waals surface area contributed by atoms with E-state index in [1.807, 2.05) is 37.3 Å². The number of carbonyl (C=O) groups excluding carboxylic acids is 3. The third-order valence-corrected chi connectivity index (χ3v) is 4.64. The zero-order valence-corrected chi connectivity index (χ0v) is 17.9. The minimum Gasteiger partial charge on any atom is -0.479 e. The lowest BCUT2D eigenvalue weighted by molar-refractivity contribution is -0.149. The number of carbonyl (C=O) groups is 3. The van der Waals surface area contributed by atoms with Crippen molar-refractivity contribution < 1.29 is 28.2 Å². The number of halogens is 1. The molecule has 8 heteroatoms. The number of rotatable bonds is 9. The first-order chi connectivity index (χ1) is 15.9. The van der Waals surface area contributed by atoms with Crippen LogP contribution in [0, 0.1) is 5.82 Å². The van der Waals surface area contributed by atoms with Crippen molar-refractivity contribution in [2.24, 2.45) is 0 Å². The fourth-order valence-corrected chi connectivity index (χ4v) is 2.96. The fourth-order valence-electron chi connectivity index (χ4n) is 2.96. The Balaban J connectivity index is 1.52. The van der Waals surface area contributed by atoms with Crippen LogP contribution >= 0.6 is 0 Å². The van der Waals surface area contributed by atoms with E-state index in [1.54, 1.807) is 30.3 Å². The molecule has 170 valence electrons. The highest BCUT2D eigenvalue weighted by Gasteiger charge is 2.17. The minimum atomic E-state index is -0.837. The molecule has 0 aromatic heterocycles. The quantitative estimate of drug-likeness (QED) is 0.483. The van der Waals surface area contributed by atoms with Crippen LogP contribution in [0.1, 0.15) is 28.9 Å². The van der Waals surface area contributed by atoms with Crippen molar-refractivity contribution >= 4 is 23.5 Å². The summed E-state index contributed by atoms with van der Waals surface area (Å²) >= 11 is 0. The van der Waals surface area contributed by atoms with Crippen molar-refractivity contribution in [2.75, 3.05) is 18.5 Å². The van der Waals surface area contributed by atoms with Crippen molar-refractivity contribution in [2.45, 2.75) is 13.0 Å². The van der Waals surface area contributed by atoms with E-state index >= 15 is 0 Å². The van der Waals surface area contributed by atoms with Crippen LogP contribution in [0.2, 0.25) is 0 Å². The normalized spacial score (nSPS) is 11.2. The Labute approximate surface area is 190 Å². The average Bonchev–Trinajstić information content (AvgIpc) is 2.83. The molecule has 3 rings (SSSR count). The van der Waals surface area contributed by atoms with Gasteiger partial charge in [-0.3, -0.25) is 9.59 Å². The second-order valence-corrected chi connectivity index (χ2v) is 7.08. The van der Waals surface area contributed by atoms with E-state index < -0.39 is 30.9 Å². The van der Waals surface area contributed by atoms with Gasteiger partial charge in [0.25, 0.3) is 11.8 Å². The van der Waals surface area contributed by atoms with E-state index in [4.69, 9.17) is 9.47 Å². The second kappa shape index (κ2) is 11.4. The van der Waals surface area contributed by atoms with Gasteiger partial charge in [-0.25, -0.2) is 9.18 Å². The Kier molecular flexibility index (Phi) is 8.13. The molecule has 2 amide bonds. The van der Waals surface area contributed by atoms with E-state index in [0.29, 0.717) is 0 Å². The molecule has 0 saturated carbocycles. The van der Waals surface area contributed by atoms with Crippen LogP contribution in [0.15, 0.2) is 78.9 Å². The van der Waals surface area contributed by atoms with Gasteiger partial charge in [-0.15, -0.1) is 0 Å². The topological polar surface area (TPSA) is 93.7 Å². The number of amides is 2. The number of benzene rings is 3. The molecule has 1 unspecified atom stereocenters. The largest absolute Gasteiger partial charge is 0.479 e. The van der Waals surface area contributed by atoms with Crippen molar-refractivity contribution in [3.63, 3.8) is 0 Å². The fraction of sp³-hybridized carbons (Fsp3) is 0.160. The standard InChI is InChI=1S/C25H23FN2O5/c1-17(18-9-3-2-4-10-18)27-25(31)19-11-5-7-13-21(19)28-23(29)15-33-24(30)16-32-22-14-8-6-12-20(22)26/h2-14,17H,15-16H2,1H3,(H,27,31)(H,28,29). The highest BCUT2D eigenvalue weighted by molar-refractivity contribution is 6.04. The Morgan fingerprint density at radius 2 is 1.55 bits per heavy atom. The molecule has 7 nitrogen and oxygen atoms in total. The number of ether oxygens (including phenoxy) is 2. The molecular weight excluding hydrogens is 427 g/mol. The first-order valence-corrected chi connectivity index (χ1v) is 10.2. The summed E-state index contributed by atoms with van der Waals surface area (Å²) < 4.78 is 23.4. The van der Waals surface area contributed by atoms with Gasteiger partial charge in [-0.05, 0) is 36.8 Å². The predicted octanol–water partition coefficient (Wildman–Crippen LogP) is 3.88. The van der Waals surface area contributed by atoms with E-state index in [-0.39, 0.29) is 28.9 Å². The van der Waals surface area contributed by atoms with Crippen molar-refractivity contribution in [1.82, 2.24) is 5.32 Å². The third kappa shape index (κ3) is 6.90. The summed E-state index contributed by atoms with van der Waals surface area (Å²) in [5, 5.41) is 5.46.